The van der Waals surface area contributed by atoms with Gasteiger partial charge < -0.3 is 14.7 Å². The van der Waals surface area contributed by atoms with E-state index in [4.69, 9.17) is 4.52 Å². The van der Waals surface area contributed by atoms with E-state index in [2.05, 4.69) is 10.5 Å². The number of halogens is 2. The van der Waals surface area contributed by atoms with E-state index in [0.717, 1.165) is 11.6 Å². The minimum Gasteiger partial charge on any atom is -0.357 e. The van der Waals surface area contributed by atoms with Gasteiger partial charge >= 0.3 is 0 Å². The van der Waals surface area contributed by atoms with Crippen LogP contribution in [0.2, 0.25) is 0 Å². The SMILES string of the molecule is CC1CC=C(C(=O)N(C)C)NC=C1c1cnoc1-c1cccc(F)c1F. The second-order valence-corrected chi connectivity index (χ2v) is 6.37. The Labute approximate surface area is 150 Å². The van der Waals surface area contributed by atoms with Gasteiger partial charge in [0, 0.05) is 25.9 Å². The normalized spacial score (nSPS) is 17.0. The first-order valence-electron chi connectivity index (χ1n) is 8.18. The third-order valence-electron chi connectivity index (χ3n) is 4.30. The summed E-state index contributed by atoms with van der Waals surface area (Å²) in [5.41, 5.74) is 1.82. The zero-order valence-corrected chi connectivity index (χ0v) is 14.7. The number of hydrogen-bond donors (Lipinski definition) is 1. The van der Waals surface area contributed by atoms with Gasteiger partial charge in [0.05, 0.1) is 17.5 Å². The summed E-state index contributed by atoms with van der Waals surface area (Å²) in [7, 11) is 3.35. The molecule has 0 aliphatic carbocycles. The zero-order chi connectivity index (χ0) is 18.8. The Morgan fingerprint density at radius 3 is 2.81 bits per heavy atom. The number of aromatic nitrogens is 1. The molecule has 1 aliphatic heterocycles. The van der Waals surface area contributed by atoms with E-state index < -0.39 is 11.6 Å². The number of rotatable bonds is 3. The van der Waals surface area contributed by atoms with Crippen molar-refractivity contribution in [3.8, 4) is 11.3 Å². The Hall–Kier alpha value is -2.96. The molecule has 0 radical (unpaired) electrons. The van der Waals surface area contributed by atoms with Crippen molar-refractivity contribution in [1.29, 1.82) is 0 Å². The monoisotopic (exact) mass is 359 g/mol. The molecule has 0 spiro atoms. The molecule has 7 heteroatoms. The predicted octanol–water partition coefficient (Wildman–Crippen LogP) is 3.56. The van der Waals surface area contributed by atoms with E-state index in [0.29, 0.717) is 17.7 Å². The highest BCUT2D eigenvalue weighted by Crippen LogP contribution is 2.36. The molecule has 1 aromatic heterocycles. The summed E-state index contributed by atoms with van der Waals surface area (Å²) in [6.07, 6.45) is 5.59. The number of nitrogens with zero attached hydrogens (tertiary/aromatic N) is 2. The first kappa shape index (κ1) is 17.8. The molecule has 0 bridgehead atoms. The highest BCUT2D eigenvalue weighted by molar-refractivity contribution is 5.93. The second-order valence-electron chi connectivity index (χ2n) is 6.37. The first-order valence-corrected chi connectivity index (χ1v) is 8.18. The summed E-state index contributed by atoms with van der Waals surface area (Å²) in [5, 5.41) is 6.77. The molecule has 1 atom stereocenters. The third kappa shape index (κ3) is 3.24. The van der Waals surface area contributed by atoms with Crippen molar-refractivity contribution in [1.82, 2.24) is 15.4 Å². The Bertz CT molecular complexity index is 900. The van der Waals surface area contributed by atoms with Crippen LogP contribution in [0.1, 0.15) is 18.9 Å². The molecule has 0 saturated carbocycles. The fourth-order valence-electron chi connectivity index (χ4n) is 2.83. The van der Waals surface area contributed by atoms with Crippen LogP contribution in [0.3, 0.4) is 0 Å². The summed E-state index contributed by atoms with van der Waals surface area (Å²) < 4.78 is 33.0. The lowest BCUT2D eigenvalue weighted by molar-refractivity contribution is -0.125. The average Bonchev–Trinajstić information content (AvgIpc) is 3.00. The summed E-state index contributed by atoms with van der Waals surface area (Å²) in [6, 6.07) is 3.91. The highest BCUT2D eigenvalue weighted by atomic mass is 19.2. The standard InChI is InChI=1S/C19H19F2N3O2/c1-11-7-8-16(19(25)24(2)3)22-9-13(11)14-10-23-26-18(14)12-5-4-6-15(20)17(12)21/h4-6,8-11,22H,7H2,1-3H3. The maximum atomic E-state index is 14.2. The number of nitrogens with one attached hydrogen (secondary N) is 1. The quantitative estimate of drug-likeness (QED) is 0.910. The molecule has 136 valence electrons. The van der Waals surface area contributed by atoms with Crippen molar-refractivity contribution in [2.75, 3.05) is 14.1 Å². The van der Waals surface area contributed by atoms with Gasteiger partial charge in [0.15, 0.2) is 17.4 Å². The zero-order valence-electron chi connectivity index (χ0n) is 14.7. The van der Waals surface area contributed by atoms with Gasteiger partial charge in [-0.3, -0.25) is 4.79 Å². The Kier molecular flexibility index (Phi) is 4.88. The molecule has 2 aromatic rings. The fraction of sp³-hybridized carbons (Fsp3) is 0.263. The fourth-order valence-corrected chi connectivity index (χ4v) is 2.83. The summed E-state index contributed by atoms with van der Waals surface area (Å²) in [6.45, 7) is 1.98. The number of carbonyl (C=O) groups is 1. The molecule has 3 rings (SSSR count). The van der Waals surface area contributed by atoms with Gasteiger partial charge in [-0.05, 0) is 30.0 Å². The van der Waals surface area contributed by atoms with Crippen LogP contribution in [0.4, 0.5) is 8.78 Å². The van der Waals surface area contributed by atoms with E-state index >= 15 is 0 Å². The Morgan fingerprint density at radius 1 is 1.31 bits per heavy atom. The van der Waals surface area contributed by atoms with Crippen LogP contribution >= 0.6 is 0 Å². The largest absolute Gasteiger partial charge is 0.357 e. The van der Waals surface area contributed by atoms with Crippen LogP contribution in [0.5, 0.6) is 0 Å². The average molecular weight is 359 g/mol. The third-order valence-corrected chi connectivity index (χ3v) is 4.30. The lowest BCUT2D eigenvalue weighted by Gasteiger charge is -2.13. The molecule has 5 nitrogen and oxygen atoms in total. The van der Waals surface area contributed by atoms with E-state index in [1.807, 2.05) is 13.0 Å². The predicted molar refractivity (Wildman–Crippen MR) is 93.5 cm³/mol. The van der Waals surface area contributed by atoms with Crippen molar-refractivity contribution in [3.63, 3.8) is 0 Å². The van der Waals surface area contributed by atoms with Crippen molar-refractivity contribution < 1.29 is 18.1 Å². The molecule has 26 heavy (non-hydrogen) atoms. The van der Waals surface area contributed by atoms with Crippen LogP contribution in [0.25, 0.3) is 16.9 Å². The van der Waals surface area contributed by atoms with E-state index in [-0.39, 0.29) is 23.1 Å². The van der Waals surface area contributed by atoms with Crippen molar-refractivity contribution in [3.05, 3.63) is 59.6 Å². The van der Waals surface area contributed by atoms with Gasteiger partial charge in [-0.2, -0.15) is 0 Å². The Morgan fingerprint density at radius 2 is 2.08 bits per heavy atom. The van der Waals surface area contributed by atoms with Crippen molar-refractivity contribution in [2.45, 2.75) is 13.3 Å². The van der Waals surface area contributed by atoms with E-state index in [1.54, 1.807) is 20.3 Å². The number of carbonyl (C=O) groups excluding carboxylic acids is 1. The summed E-state index contributed by atoms with van der Waals surface area (Å²) in [5.74, 6) is -1.90. The number of benzene rings is 1. The molecule has 1 aliphatic rings. The van der Waals surface area contributed by atoms with Crippen LogP contribution in [-0.4, -0.2) is 30.1 Å². The lowest BCUT2D eigenvalue weighted by Crippen LogP contribution is -2.28. The lowest BCUT2D eigenvalue weighted by atomic mass is 9.91. The minimum atomic E-state index is -0.984. The molecular weight excluding hydrogens is 340 g/mol. The molecule has 1 unspecified atom stereocenters. The minimum absolute atomic E-state index is 0.00685. The smallest absolute Gasteiger partial charge is 0.269 e. The molecular formula is C19H19F2N3O2. The van der Waals surface area contributed by atoms with Gasteiger partial charge in [0.2, 0.25) is 0 Å². The second kappa shape index (κ2) is 7.11. The number of hydrogen-bond acceptors (Lipinski definition) is 4. The van der Waals surface area contributed by atoms with E-state index in [1.165, 1.54) is 23.2 Å². The van der Waals surface area contributed by atoms with Gasteiger partial charge in [0.1, 0.15) is 0 Å². The van der Waals surface area contributed by atoms with Crippen molar-refractivity contribution >= 4 is 11.5 Å². The maximum absolute atomic E-state index is 14.2. The van der Waals surface area contributed by atoms with Crippen LogP contribution in [0, 0.1) is 17.6 Å². The van der Waals surface area contributed by atoms with Gasteiger partial charge in [-0.25, -0.2) is 8.78 Å². The van der Waals surface area contributed by atoms with Crippen LogP contribution < -0.4 is 5.32 Å². The Balaban J connectivity index is 1.99. The van der Waals surface area contributed by atoms with E-state index in [9.17, 15) is 13.6 Å². The van der Waals surface area contributed by atoms with Crippen LogP contribution in [-0.2, 0) is 4.79 Å². The number of allylic oxidation sites excluding steroid dienone is 2. The van der Waals surface area contributed by atoms with Gasteiger partial charge in [0.25, 0.3) is 5.91 Å². The molecule has 0 fully saturated rings. The number of likely N-dealkylation sites (N-methyl/N-ethyl adjacent to an activating group) is 1. The van der Waals surface area contributed by atoms with Crippen LogP contribution in [0.15, 0.2) is 46.9 Å². The highest BCUT2D eigenvalue weighted by Gasteiger charge is 2.24. The van der Waals surface area contributed by atoms with Gasteiger partial charge in [-0.1, -0.05) is 24.2 Å². The summed E-state index contributed by atoms with van der Waals surface area (Å²) in [4.78, 5) is 13.6. The number of amides is 1. The molecule has 1 amide bonds. The molecule has 1 N–H and O–H groups in total. The molecule has 0 saturated heterocycles. The molecule has 1 aromatic carbocycles. The maximum Gasteiger partial charge on any atom is 0.269 e. The first-order chi connectivity index (χ1) is 12.4. The summed E-state index contributed by atoms with van der Waals surface area (Å²) >= 11 is 0. The topological polar surface area (TPSA) is 58.4 Å². The molecule has 2 heterocycles. The van der Waals surface area contributed by atoms with Crippen molar-refractivity contribution in [2.24, 2.45) is 5.92 Å². The van der Waals surface area contributed by atoms with Gasteiger partial charge in [-0.15, -0.1) is 0 Å².